The Morgan fingerprint density at radius 1 is 1.47 bits per heavy atom. The first-order valence-electron chi connectivity index (χ1n) is 5.89. The van der Waals surface area contributed by atoms with E-state index in [2.05, 4.69) is 22.9 Å². The van der Waals surface area contributed by atoms with Gasteiger partial charge in [-0.3, -0.25) is 4.79 Å². The smallest absolute Gasteiger partial charge is 0.225 e. The number of rotatable bonds is 3. The average molecular weight is 211 g/mol. The second kappa shape index (κ2) is 4.49. The molecule has 0 radical (unpaired) electrons. The predicted molar refractivity (Wildman–Crippen MR) is 59.6 cm³/mol. The van der Waals surface area contributed by atoms with Crippen LogP contribution in [0.25, 0.3) is 0 Å². The van der Waals surface area contributed by atoms with Crippen molar-refractivity contribution in [2.75, 3.05) is 32.7 Å². The fraction of sp³-hybridized carbons (Fsp3) is 0.909. The van der Waals surface area contributed by atoms with Crippen LogP contribution >= 0.6 is 0 Å². The van der Waals surface area contributed by atoms with Crippen molar-refractivity contribution in [2.24, 2.45) is 11.3 Å². The van der Waals surface area contributed by atoms with Crippen LogP contribution in [0.15, 0.2) is 0 Å². The molecule has 4 heteroatoms. The van der Waals surface area contributed by atoms with Crippen LogP contribution in [0.2, 0.25) is 0 Å². The van der Waals surface area contributed by atoms with Crippen LogP contribution in [0.3, 0.4) is 0 Å². The van der Waals surface area contributed by atoms with Crippen LogP contribution in [0.1, 0.15) is 19.8 Å². The number of nitrogens with one attached hydrogen (secondary N) is 3. The van der Waals surface area contributed by atoms with E-state index in [9.17, 15) is 4.79 Å². The van der Waals surface area contributed by atoms with Crippen LogP contribution in [-0.4, -0.2) is 38.6 Å². The van der Waals surface area contributed by atoms with Gasteiger partial charge in [-0.25, -0.2) is 0 Å². The fourth-order valence-electron chi connectivity index (χ4n) is 2.19. The zero-order valence-corrected chi connectivity index (χ0v) is 9.44. The molecule has 4 nitrogen and oxygen atoms in total. The third-order valence-corrected chi connectivity index (χ3v) is 3.53. The van der Waals surface area contributed by atoms with Crippen LogP contribution < -0.4 is 16.0 Å². The summed E-state index contributed by atoms with van der Waals surface area (Å²) in [6, 6.07) is 0. The Bertz CT molecular complexity index is 232. The summed E-state index contributed by atoms with van der Waals surface area (Å²) < 4.78 is 0. The second-order valence-corrected chi connectivity index (χ2v) is 5.16. The molecule has 0 aromatic rings. The summed E-state index contributed by atoms with van der Waals surface area (Å²) in [5.74, 6) is 0.436. The van der Waals surface area contributed by atoms with E-state index in [1.165, 1.54) is 12.8 Å². The molecule has 0 saturated carbocycles. The van der Waals surface area contributed by atoms with Crippen LogP contribution in [-0.2, 0) is 4.79 Å². The highest BCUT2D eigenvalue weighted by atomic mass is 16.2. The van der Waals surface area contributed by atoms with E-state index in [4.69, 9.17) is 0 Å². The van der Waals surface area contributed by atoms with Gasteiger partial charge in [0.15, 0.2) is 0 Å². The van der Waals surface area contributed by atoms with Crippen LogP contribution in [0.4, 0.5) is 0 Å². The van der Waals surface area contributed by atoms with Gasteiger partial charge in [0.25, 0.3) is 0 Å². The van der Waals surface area contributed by atoms with E-state index in [-0.39, 0.29) is 17.2 Å². The van der Waals surface area contributed by atoms with Gasteiger partial charge in [0.2, 0.25) is 5.91 Å². The Morgan fingerprint density at radius 2 is 2.27 bits per heavy atom. The molecule has 0 bridgehead atoms. The van der Waals surface area contributed by atoms with Gasteiger partial charge in [0, 0.05) is 26.2 Å². The van der Waals surface area contributed by atoms with Gasteiger partial charge in [-0.15, -0.1) is 0 Å². The first-order chi connectivity index (χ1) is 7.20. The monoisotopic (exact) mass is 211 g/mol. The summed E-state index contributed by atoms with van der Waals surface area (Å²) in [7, 11) is 0. The quantitative estimate of drug-likeness (QED) is 0.601. The molecular formula is C11H21N3O. The third-order valence-electron chi connectivity index (χ3n) is 3.53. The molecule has 1 amide bonds. The normalized spacial score (nSPS) is 32.1. The van der Waals surface area contributed by atoms with Crippen molar-refractivity contribution >= 4 is 5.91 Å². The molecule has 1 atom stereocenters. The van der Waals surface area contributed by atoms with Gasteiger partial charge in [-0.05, 0) is 24.8 Å². The summed E-state index contributed by atoms with van der Waals surface area (Å²) in [4.78, 5) is 11.6. The molecule has 3 N–H and O–H groups in total. The van der Waals surface area contributed by atoms with Crippen molar-refractivity contribution in [3.63, 3.8) is 0 Å². The fourth-order valence-corrected chi connectivity index (χ4v) is 2.19. The van der Waals surface area contributed by atoms with Crippen LogP contribution in [0, 0.1) is 11.3 Å². The first kappa shape index (κ1) is 10.9. The van der Waals surface area contributed by atoms with E-state index in [1.807, 2.05) is 0 Å². The first-order valence-corrected chi connectivity index (χ1v) is 5.89. The highest BCUT2D eigenvalue weighted by Crippen LogP contribution is 2.24. The van der Waals surface area contributed by atoms with E-state index >= 15 is 0 Å². The number of carbonyl (C=O) groups excluding carboxylic acids is 1. The Kier molecular flexibility index (Phi) is 3.26. The van der Waals surface area contributed by atoms with Crippen molar-refractivity contribution in [1.82, 2.24) is 16.0 Å². The Hall–Kier alpha value is -0.610. The molecule has 15 heavy (non-hydrogen) atoms. The lowest BCUT2D eigenvalue weighted by molar-refractivity contribution is -0.126. The largest absolute Gasteiger partial charge is 0.355 e. The van der Waals surface area contributed by atoms with Gasteiger partial charge in [-0.2, -0.15) is 0 Å². The average Bonchev–Trinajstić information content (AvgIpc) is 2.14. The molecule has 1 unspecified atom stereocenters. The maximum atomic E-state index is 11.6. The Balaban J connectivity index is 1.73. The van der Waals surface area contributed by atoms with Gasteiger partial charge in [0.05, 0.1) is 5.92 Å². The molecule has 2 aliphatic heterocycles. The Labute approximate surface area is 91.2 Å². The lowest BCUT2D eigenvalue weighted by Gasteiger charge is -2.35. The van der Waals surface area contributed by atoms with Crippen molar-refractivity contribution in [1.29, 1.82) is 0 Å². The molecule has 0 spiro atoms. The SMILES string of the molecule is CC1(CNC(=O)C2CNC2)CCCNC1. The summed E-state index contributed by atoms with van der Waals surface area (Å²) in [6.07, 6.45) is 2.43. The van der Waals surface area contributed by atoms with E-state index < -0.39 is 0 Å². The molecule has 0 aromatic carbocycles. The second-order valence-electron chi connectivity index (χ2n) is 5.16. The molecule has 86 valence electrons. The standard InChI is InChI=1S/C11H21N3O/c1-11(3-2-4-12-7-11)8-14-10(15)9-5-13-6-9/h9,12-13H,2-8H2,1H3,(H,14,15). The molecule has 2 rings (SSSR count). The molecule has 2 saturated heterocycles. The van der Waals surface area contributed by atoms with Crippen LogP contribution in [0.5, 0.6) is 0 Å². The topological polar surface area (TPSA) is 53.2 Å². The summed E-state index contributed by atoms with van der Waals surface area (Å²) in [5, 5.41) is 9.58. The summed E-state index contributed by atoms with van der Waals surface area (Å²) in [6.45, 7) is 6.90. The minimum Gasteiger partial charge on any atom is -0.355 e. The van der Waals surface area contributed by atoms with Crippen molar-refractivity contribution in [3.8, 4) is 0 Å². The van der Waals surface area contributed by atoms with Gasteiger partial charge in [0.1, 0.15) is 0 Å². The van der Waals surface area contributed by atoms with Gasteiger partial charge in [-0.1, -0.05) is 6.92 Å². The molecule has 0 aromatic heterocycles. The zero-order chi connectivity index (χ0) is 10.7. The maximum absolute atomic E-state index is 11.6. The molecule has 2 aliphatic rings. The maximum Gasteiger partial charge on any atom is 0.225 e. The zero-order valence-electron chi connectivity index (χ0n) is 9.44. The number of carbonyl (C=O) groups is 1. The highest BCUT2D eigenvalue weighted by Gasteiger charge is 2.30. The number of amides is 1. The van der Waals surface area contributed by atoms with E-state index in [0.717, 1.165) is 32.7 Å². The third kappa shape index (κ3) is 2.69. The van der Waals surface area contributed by atoms with Gasteiger partial charge < -0.3 is 16.0 Å². The lowest BCUT2D eigenvalue weighted by atomic mass is 9.82. The molecule has 2 fully saturated rings. The van der Waals surface area contributed by atoms with Crippen molar-refractivity contribution < 1.29 is 4.79 Å². The van der Waals surface area contributed by atoms with Crippen molar-refractivity contribution in [2.45, 2.75) is 19.8 Å². The number of piperidine rings is 1. The van der Waals surface area contributed by atoms with E-state index in [1.54, 1.807) is 0 Å². The molecule has 0 aliphatic carbocycles. The minimum absolute atomic E-state index is 0.213. The Morgan fingerprint density at radius 3 is 2.80 bits per heavy atom. The van der Waals surface area contributed by atoms with Gasteiger partial charge >= 0.3 is 0 Å². The highest BCUT2D eigenvalue weighted by molar-refractivity contribution is 5.80. The number of hydrogen-bond acceptors (Lipinski definition) is 3. The van der Waals surface area contributed by atoms with Crippen molar-refractivity contribution in [3.05, 3.63) is 0 Å². The lowest BCUT2D eigenvalue weighted by Crippen LogP contribution is -2.53. The molecule has 2 heterocycles. The predicted octanol–water partition coefficient (Wildman–Crippen LogP) is -0.288. The molecular weight excluding hydrogens is 190 g/mol. The summed E-state index contributed by atoms with van der Waals surface area (Å²) in [5.41, 5.74) is 0.255. The van der Waals surface area contributed by atoms with E-state index in [0.29, 0.717) is 0 Å². The summed E-state index contributed by atoms with van der Waals surface area (Å²) >= 11 is 0. The number of hydrogen-bond donors (Lipinski definition) is 3. The minimum atomic E-state index is 0.213.